The SMILES string of the molecule is COc1ccc(NC(=O)CN(c2ccc(C)cc2)S(=O)(=O)c2ccc(OC)c(Br)c2)cc1Cl. The van der Waals surface area contributed by atoms with Gasteiger partial charge >= 0.3 is 0 Å². The van der Waals surface area contributed by atoms with Gasteiger partial charge in [-0.25, -0.2) is 8.42 Å². The third-order valence-corrected chi connectivity index (χ3v) is 7.44. The quantitative estimate of drug-likeness (QED) is 0.411. The summed E-state index contributed by atoms with van der Waals surface area (Å²) >= 11 is 9.44. The van der Waals surface area contributed by atoms with Crippen LogP contribution < -0.4 is 19.1 Å². The Bertz CT molecular complexity index is 1270. The van der Waals surface area contributed by atoms with Crippen molar-refractivity contribution in [3.05, 3.63) is 75.7 Å². The number of benzene rings is 3. The monoisotopic (exact) mass is 552 g/mol. The van der Waals surface area contributed by atoms with E-state index in [-0.39, 0.29) is 4.90 Å². The zero-order chi connectivity index (χ0) is 24.2. The minimum atomic E-state index is -4.08. The van der Waals surface area contributed by atoms with E-state index in [9.17, 15) is 13.2 Å². The summed E-state index contributed by atoms with van der Waals surface area (Å²) in [5, 5.41) is 3.01. The Hall–Kier alpha value is -2.75. The molecule has 0 aliphatic heterocycles. The third kappa shape index (κ3) is 5.79. The summed E-state index contributed by atoms with van der Waals surface area (Å²) in [5.41, 5.74) is 1.73. The van der Waals surface area contributed by atoms with Gasteiger partial charge in [0.25, 0.3) is 10.0 Å². The molecule has 0 unspecified atom stereocenters. The van der Waals surface area contributed by atoms with Gasteiger partial charge in [0.15, 0.2) is 0 Å². The molecule has 33 heavy (non-hydrogen) atoms. The summed E-state index contributed by atoms with van der Waals surface area (Å²) in [4.78, 5) is 12.9. The van der Waals surface area contributed by atoms with E-state index in [2.05, 4.69) is 21.2 Å². The molecule has 3 aromatic carbocycles. The summed E-state index contributed by atoms with van der Waals surface area (Å²) < 4.78 is 38.9. The standard InChI is InChI=1S/C23H22BrClN2O5S/c1-15-4-7-17(8-5-15)27(33(29,30)18-9-11-21(31-2)19(24)13-18)14-23(28)26-16-6-10-22(32-3)20(25)12-16/h4-13H,14H2,1-3H3,(H,26,28). The topological polar surface area (TPSA) is 84.9 Å². The van der Waals surface area contributed by atoms with Crippen molar-refractivity contribution >= 4 is 54.8 Å². The van der Waals surface area contributed by atoms with E-state index in [0.717, 1.165) is 9.87 Å². The molecule has 0 saturated carbocycles. The lowest BCUT2D eigenvalue weighted by atomic mass is 10.2. The molecule has 174 valence electrons. The number of rotatable bonds is 8. The number of anilines is 2. The fraction of sp³-hybridized carbons (Fsp3) is 0.174. The van der Waals surface area contributed by atoms with Crippen LogP contribution in [0.5, 0.6) is 11.5 Å². The Kier molecular flexibility index (Phi) is 7.88. The molecule has 7 nitrogen and oxygen atoms in total. The normalized spacial score (nSPS) is 11.1. The maximum Gasteiger partial charge on any atom is 0.264 e. The van der Waals surface area contributed by atoms with Gasteiger partial charge in [-0.15, -0.1) is 0 Å². The fourth-order valence-electron chi connectivity index (χ4n) is 3.04. The predicted molar refractivity (Wildman–Crippen MR) is 133 cm³/mol. The smallest absolute Gasteiger partial charge is 0.264 e. The van der Waals surface area contributed by atoms with Crippen molar-refractivity contribution in [2.45, 2.75) is 11.8 Å². The summed E-state index contributed by atoms with van der Waals surface area (Å²) in [5.74, 6) is 0.418. The van der Waals surface area contributed by atoms with Crippen LogP contribution >= 0.6 is 27.5 Å². The molecule has 0 bridgehead atoms. The van der Waals surface area contributed by atoms with Gasteiger partial charge in [-0.2, -0.15) is 0 Å². The van der Waals surface area contributed by atoms with Crippen molar-refractivity contribution in [2.24, 2.45) is 0 Å². The summed E-state index contributed by atoms with van der Waals surface area (Å²) in [6.45, 7) is 1.45. The molecular weight excluding hydrogens is 532 g/mol. The van der Waals surface area contributed by atoms with Gasteiger partial charge in [0.2, 0.25) is 5.91 Å². The van der Waals surface area contributed by atoms with Gasteiger partial charge in [0, 0.05) is 5.69 Å². The molecule has 0 aromatic heterocycles. The van der Waals surface area contributed by atoms with Gasteiger partial charge in [-0.05, 0) is 71.4 Å². The zero-order valence-electron chi connectivity index (χ0n) is 18.1. The number of carbonyl (C=O) groups excluding carboxylic acids is 1. The first-order chi connectivity index (χ1) is 15.6. The van der Waals surface area contributed by atoms with E-state index in [4.69, 9.17) is 21.1 Å². The number of carbonyl (C=O) groups is 1. The van der Waals surface area contributed by atoms with Gasteiger partial charge in [0.1, 0.15) is 18.0 Å². The van der Waals surface area contributed by atoms with Gasteiger partial charge in [0.05, 0.1) is 34.3 Å². The van der Waals surface area contributed by atoms with Gasteiger partial charge in [-0.3, -0.25) is 9.10 Å². The van der Waals surface area contributed by atoms with Crippen molar-refractivity contribution in [3.63, 3.8) is 0 Å². The molecule has 3 aromatic rings. The van der Waals surface area contributed by atoms with Crippen LogP contribution in [0, 0.1) is 6.92 Å². The lowest BCUT2D eigenvalue weighted by Gasteiger charge is -2.24. The minimum Gasteiger partial charge on any atom is -0.496 e. The number of methoxy groups -OCH3 is 2. The maximum absolute atomic E-state index is 13.5. The second kappa shape index (κ2) is 10.5. The van der Waals surface area contributed by atoms with E-state index in [1.807, 2.05) is 6.92 Å². The molecule has 1 N–H and O–H groups in total. The number of ether oxygens (including phenoxy) is 2. The largest absolute Gasteiger partial charge is 0.496 e. The average molecular weight is 554 g/mol. The van der Waals surface area contributed by atoms with Crippen LogP contribution in [-0.2, 0) is 14.8 Å². The van der Waals surface area contributed by atoms with Gasteiger partial charge < -0.3 is 14.8 Å². The molecule has 0 atom stereocenters. The third-order valence-electron chi connectivity index (χ3n) is 4.76. The molecular formula is C23H22BrClN2O5S. The molecule has 10 heteroatoms. The highest BCUT2D eigenvalue weighted by Crippen LogP contribution is 2.31. The first kappa shape index (κ1) is 24.9. The summed E-state index contributed by atoms with van der Waals surface area (Å²) in [7, 11) is -1.10. The van der Waals surface area contributed by atoms with E-state index in [1.54, 1.807) is 42.5 Å². The highest BCUT2D eigenvalue weighted by atomic mass is 79.9. The molecule has 0 fully saturated rings. The Balaban J connectivity index is 1.94. The fourth-order valence-corrected chi connectivity index (χ4v) is 5.43. The van der Waals surface area contributed by atoms with Crippen LogP contribution in [-0.4, -0.2) is 35.1 Å². The van der Waals surface area contributed by atoms with E-state index in [0.29, 0.717) is 32.4 Å². The molecule has 0 heterocycles. The number of halogens is 2. The number of nitrogens with one attached hydrogen (secondary N) is 1. The predicted octanol–water partition coefficient (Wildman–Crippen LogP) is 5.26. The number of hydrogen-bond acceptors (Lipinski definition) is 5. The first-order valence-electron chi connectivity index (χ1n) is 9.72. The maximum atomic E-state index is 13.5. The Labute approximate surface area is 206 Å². The molecule has 1 amide bonds. The van der Waals surface area contributed by atoms with Crippen molar-refractivity contribution in [1.29, 1.82) is 0 Å². The molecule has 0 aliphatic rings. The average Bonchev–Trinajstić information content (AvgIpc) is 2.78. The highest BCUT2D eigenvalue weighted by Gasteiger charge is 2.28. The lowest BCUT2D eigenvalue weighted by Crippen LogP contribution is -2.38. The van der Waals surface area contributed by atoms with Crippen LogP contribution in [0.1, 0.15) is 5.56 Å². The van der Waals surface area contributed by atoms with Crippen LogP contribution in [0.2, 0.25) is 5.02 Å². The Morgan fingerprint density at radius 1 is 1.00 bits per heavy atom. The number of sulfonamides is 1. The van der Waals surface area contributed by atoms with Crippen LogP contribution in [0.3, 0.4) is 0 Å². The van der Waals surface area contributed by atoms with Crippen molar-refractivity contribution < 1.29 is 22.7 Å². The van der Waals surface area contributed by atoms with Crippen LogP contribution in [0.4, 0.5) is 11.4 Å². The lowest BCUT2D eigenvalue weighted by molar-refractivity contribution is -0.114. The summed E-state index contributed by atoms with van der Waals surface area (Å²) in [6.07, 6.45) is 0. The van der Waals surface area contributed by atoms with Crippen molar-refractivity contribution in [1.82, 2.24) is 0 Å². The number of nitrogens with zero attached hydrogens (tertiary/aromatic N) is 1. The number of hydrogen-bond donors (Lipinski definition) is 1. The Morgan fingerprint density at radius 2 is 1.64 bits per heavy atom. The van der Waals surface area contributed by atoms with Crippen LogP contribution in [0.15, 0.2) is 70.0 Å². The Morgan fingerprint density at radius 3 is 2.21 bits per heavy atom. The van der Waals surface area contributed by atoms with Crippen molar-refractivity contribution in [3.8, 4) is 11.5 Å². The van der Waals surface area contributed by atoms with Crippen LogP contribution in [0.25, 0.3) is 0 Å². The van der Waals surface area contributed by atoms with Crippen molar-refractivity contribution in [2.75, 3.05) is 30.4 Å². The molecule has 0 radical (unpaired) electrons. The molecule has 0 aliphatic carbocycles. The zero-order valence-corrected chi connectivity index (χ0v) is 21.3. The summed E-state index contributed by atoms with van der Waals surface area (Å²) in [6, 6.07) is 16.1. The second-order valence-corrected chi connectivity index (χ2v) is 10.2. The minimum absolute atomic E-state index is 0.0102. The molecule has 0 saturated heterocycles. The first-order valence-corrected chi connectivity index (χ1v) is 12.3. The molecule has 0 spiro atoms. The molecule has 3 rings (SSSR count). The number of amides is 1. The van der Waals surface area contributed by atoms with Gasteiger partial charge in [-0.1, -0.05) is 29.3 Å². The second-order valence-electron chi connectivity index (χ2n) is 7.04. The highest BCUT2D eigenvalue weighted by molar-refractivity contribution is 9.10. The number of aryl methyl sites for hydroxylation is 1. The van der Waals surface area contributed by atoms with E-state index < -0.39 is 22.5 Å². The van der Waals surface area contributed by atoms with E-state index >= 15 is 0 Å². The van der Waals surface area contributed by atoms with E-state index in [1.165, 1.54) is 32.4 Å².